The van der Waals surface area contributed by atoms with Crippen LogP contribution in [0.15, 0.2) is 21.9 Å². The number of nitrogens with one attached hydrogen (secondary N) is 1. The molecule has 0 spiro atoms. The van der Waals surface area contributed by atoms with E-state index >= 15 is 0 Å². The van der Waals surface area contributed by atoms with Gasteiger partial charge >= 0.3 is 21.3 Å². The Labute approximate surface area is 144 Å². The summed E-state index contributed by atoms with van der Waals surface area (Å²) in [5.74, 6) is -1.84. The molecule has 1 aromatic rings. The summed E-state index contributed by atoms with van der Waals surface area (Å²) >= 11 is 0. The van der Waals surface area contributed by atoms with E-state index in [4.69, 9.17) is 19.3 Å². The Morgan fingerprint density at radius 2 is 2.04 bits per heavy atom. The first-order valence-electron chi connectivity index (χ1n) is 6.83. The van der Waals surface area contributed by atoms with Crippen LogP contribution in [0.2, 0.25) is 0 Å². The van der Waals surface area contributed by atoms with Crippen molar-refractivity contribution in [3.05, 3.63) is 33.1 Å². The lowest BCUT2D eigenvalue weighted by molar-refractivity contribution is -0.241. The van der Waals surface area contributed by atoms with Gasteiger partial charge in [-0.3, -0.25) is 18.9 Å². The average molecular weight is 418 g/mol. The van der Waals surface area contributed by atoms with Crippen molar-refractivity contribution in [1.82, 2.24) is 9.55 Å². The minimum Gasteiger partial charge on any atom is -0.388 e. The van der Waals surface area contributed by atoms with Gasteiger partial charge in [-0.25, -0.2) is 13.9 Å². The van der Waals surface area contributed by atoms with Crippen molar-refractivity contribution in [2.75, 3.05) is 13.7 Å². The standard InChI is InChI=1S/C10H16N2O12P2/c1-21-10(5-22-26(19,20)24-25(16,17)18)4-6(13)8(23-10)12-3-2-7(14)11-9(12)15/h2-3,6,8,13H,4-5H2,1H3,(H,19,20)(H,11,14,15)(H2,16,17,18)/t6-,8-,10+/m1/s1. The van der Waals surface area contributed by atoms with Crippen molar-refractivity contribution in [3.8, 4) is 0 Å². The molecule has 1 unspecified atom stereocenters. The first-order valence-corrected chi connectivity index (χ1v) is 9.86. The molecule has 148 valence electrons. The Bertz CT molecular complexity index is 860. The Kier molecular flexibility index (Phi) is 6.05. The molecule has 0 saturated carbocycles. The van der Waals surface area contributed by atoms with Gasteiger partial charge < -0.3 is 29.3 Å². The summed E-state index contributed by atoms with van der Waals surface area (Å²) in [6, 6.07) is 1.01. The number of methoxy groups -OCH3 is 1. The van der Waals surface area contributed by atoms with Gasteiger partial charge in [-0.05, 0) is 0 Å². The van der Waals surface area contributed by atoms with Gasteiger partial charge in [0.15, 0.2) is 12.0 Å². The van der Waals surface area contributed by atoms with E-state index in [9.17, 15) is 28.7 Å². The fraction of sp³-hybridized carbons (Fsp3) is 0.600. The van der Waals surface area contributed by atoms with Crippen LogP contribution in [0.1, 0.15) is 12.6 Å². The van der Waals surface area contributed by atoms with Gasteiger partial charge in [0.25, 0.3) is 5.56 Å². The van der Waals surface area contributed by atoms with E-state index in [1.54, 1.807) is 0 Å². The Balaban J connectivity index is 2.17. The number of aromatic nitrogens is 2. The van der Waals surface area contributed by atoms with E-state index in [1.807, 2.05) is 4.98 Å². The van der Waals surface area contributed by atoms with Crippen LogP contribution >= 0.6 is 15.6 Å². The molecule has 1 aromatic heterocycles. The van der Waals surface area contributed by atoms with Gasteiger partial charge in [0.1, 0.15) is 12.7 Å². The predicted molar refractivity (Wildman–Crippen MR) is 80.7 cm³/mol. The molecule has 26 heavy (non-hydrogen) atoms. The summed E-state index contributed by atoms with van der Waals surface area (Å²) in [6.45, 7) is -0.872. The second-order valence-electron chi connectivity index (χ2n) is 5.23. The summed E-state index contributed by atoms with van der Waals surface area (Å²) in [7, 11) is -9.37. The number of hydrogen-bond donors (Lipinski definition) is 5. The monoisotopic (exact) mass is 418 g/mol. The van der Waals surface area contributed by atoms with Crippen molar-refractivity contribution in [1.29, 1.82) is 0 Å². The van der Waals surface area contributed by atoms with E-state index in [2.05, 4.69) is 8.83 Å². The molecule has 5 N–H and O–H groups in total. The summed E-state index contributed by atoms with van der Waals surface area (Å²) in [4.78, 5) is 51.3. The van der Waals surface area contributed by atoms with E-state index in [1.165, 1.54) is 0 Å². The summed E-state index contributed by atoms with van der Waals surface area (Å²) in [5, 5.41) is 10.1. The van der Waals surface area contributed by atoms with E-state index in [0.717, 1.165) is 23.9 Å². The maximum atomic E-state index is 11.8. The van der Waals surface area contributed by atoms with Crippen LogP contribution < -0.4 is 11.2 Å². The zero-order valence-corrected chi connectivity index (χ0v) is 14.9. The number of phosphoric ester groups is 1. The minimum atomic E-state index is -5.31. The highest BCUT2D eigenvalue weighted by Gasteiger charge is 2.49. The van der Waals surface area contributed by atoms with Crippen LogP contribution in [0, 0.1) is 0 Å². The van der Waals surface area contributed by atoms with Gasteiger partial charge in [-0.1, -0.05) is 0 Å². The number of nitrogens with zero attached hydrogens (tertiary/aromatic N) is 1. The molecular formula is C10H16N2O12P2. The molecule has 1 saturated heterocycles. The van der Waals surface area contributed by atoms with Gasteiger partial charge in [0.05, 0.1) is 0 Å². The van der Waals surface area contributed by atoms with E-state index in [-0.39, 0.29) is 6.42 Å². The molecule has 2 rings (SSSR count). The molecular weight excluding hydrogens is 402 g/mol. The number of aliphatic hydroxyl groups is 1. The third-order valence-corrected chi connectivity index (χ3v) is 5.47. The number of aliphatic hydroxyl groups excluding tert-OH is 1. The second kappa shape index (κ2) is 7.44. The molecule has 0 radical (unpaired) electrons. The summed E-state index contributed by atoms with van der Waals surface area (Å²) < 4.78 is 41.5. The van der Waals surface area contributed by atoms with E-state index in [0.29, 0.717) is 0 Å². The average Bonchev–Trinajstić information content (AvgIpc) is 2.81. The Morgan fingerprint density at radius 1 is 1.38 bits per heavy atom. The number of phosphoric acid groups is 2. The van der Waals surface area contributed by atoms with Crippen LogP contribution in [-0.2, 0) is 27.4 Å². The molecule has 1 aliphatic rings. The SMILES string of the molecule is CO[C@@]1(COP(=O)(O)OP(=O)(O)O)C[C@@H](O)[C@H](n2ccc(=O)[nH]c2=O)O1. The molecule has 1 aliphatic heterocycles. The van der Waals surface area contributed by atoms with Gasteiger partial charge in [0, 0.05) is 25.8 Å². The number of rotatable bonds is 7. The highest BCUT2D eigenvalue weighted by molar-refractivity contribution is 7.60. The third-order valence-electron chi connectivity index (χ3n) is 3.34. The van der Waals surface area contributed by atoms with Crippen molar-refractivity contribution in [3.63, 3.8) is 0 Å². The zero-order valence-electron chi connectivity index (χ0n) is 13.1. The van der Waals surface area contributed by atoms with Crippen LogP contribution in [0.3, 0.4) is 0 Å². The maximum absolute atomic E-state index is 11.8. The molecule has 4 atom stereocenters. The smallest absolute Gasteiger partial charge is 0.388 e. The van der Waals surface area contributed by atoms with Crippen molar-refractivity contribution < 1.29 is 47.2 Å². The summed E-state index contributed by atoms with van der Waals surface area (Å²) in [5.41, 5.74) is -1.55. The lowest BCUT2D eigenvalue weighted by Gasteiger charge is -2.28. The lowest BCUT2D eigenvalue weighted by atomic mass is 10.1. The van der Waals surface area contributed by atoms with Crippen LogP contribution in [-0.4, -0.2) is 54.9 Å². The van der Waals surface area contributed by atoms with Crippen LogP contribution in [0.5, 0.6) is 0 Å². The van der Waals surface area contributed by atoms with Crippen molar-refractivity contribution in [2.45, 2.75) is 24.5 Å². The van der Waals surface area contributed by atoms with Gasteiger partial charge in [-0.2, -0.15) is 4.31 Å². The molecule has 0 aliphatic carbocycles. The highest BCUT2D eigenvalue weighted by atomic mass is 31.3. The van der Waals surface area contributed by atoms with Gasteiger partial charge in [0.2, 0.25) is 0 Å². The first-order chi connectivity index (χ1) is 11.9. The molecule has 16 heteroatoms. The minimum absolute atomic E-state index is 0.338. The lowest BCUT2D eigenvalue weighted by Crippen LogP contribution is -2.38. The first kappa shape index (κ1) is 21.1. The molecule has 14 nitrogen and oxygen atoms in total. The largest absolute Gasteiger partial charge is 0.481 e. The van der Waals surface area contributed by atoms with Gasteiger partial charge in [-0.15, -0.1) is 0 Å². The van der Waals surface area contributed by atoms with E-state index < -0.39 is 51.6 Å². The topological polar surface area (TPSA) is 207 Å². The summed E-state index contributed by atoms with van der Waals surface area (Å²) in [6.07, 6.45) is -1.95. The highest BCUT2D eigenvalue weighted by Crippen LogP contribution is 2.58. The van der Waals surface area contributed by atoms with Crippen LogP contribution in [0.25, 0.3) is 0 Å². The third kappa shape index (κ3) is 5.18. The maximum Gasteiger partial charge on any atom is 0.481 e. The fourth-order valence-electron chi connectivity index (χ4n) is 2.26. The number of ether oxygens (including phenoxy) is 2. The predicted octanol–water partition coefficient (Wildman–Crippen LogP) is -1.61. The molecule has 0 amide bonds. The molecule has 2 heterocycles. The van der Waals surface area contributed by atoms with Crippen molar-refractivity contribution >= 4 is 15.6 Å². The van der Waals surface area contributed by atoms with Crippen molar-refractivity contribution in [2.24, 2.45) is 0 Å². The molecule has 0 bridgehead atoms. The molecule has 1 fully saturated rings. The second-order valence-corrected chi connectivity index (χ2v) is 8.06. The number of hydrogen-bond acceptors (Lipinski definition) is 9. The number of aromatic amines is 1. The zero-order chi connectivity index (χ0) is 19.8. The molecule has 0 aromatic carbocycles. The fourth-order valence-corrected chi connectivity index (χ4v) is 3.88. The van der Waals surface area contributed by atoms with Crippen LogP contribution in [0.4, 0.5) is 0 Å². The normalized spacial score (nSPS) is 28.8. The Hall–Kier alpha value is -1.18. The Morgan fingerprint density at radius 3 is 2.58 bits per heavy atom. The number of H-pyrrole nitrogens is 1. The quantitative estimate of drug-likeness (QED) is 0.317.